The van der Waals surface area contributed by atoms with Crippen LogP contribution in [0.4, 0.5) is 4.79 Å². The Kier molecular flexibility index (Phi) is 15.3. The Bertz CT molecular complexity index is 1880. The predicted octanol–water partition coefficient (Wildman–Crippen LogP) is 5.05. The van der Waals surface area contributed by atoms with Crippen LogP contribution < -0.4 is 26.4 Å². The topological polar surface area (TPSA) is 213 Å². The van der Waals surface area contributed by atoms with Gasteiger partial charge in [-0.15, -0.1) is 11.3 Å². The molecule has 0 aliphatic carbocycles. The fraction of sp³-hybridized carbons (Fsp3) is 0.500. The summed E-state index contributed by atoms with van der Waals surface area (Å²) in [5, 5.41) is 28.3. The van der Waals surface area contributed by atoms with Crippen LogP contribution in [0.15, 0.2) is 41.9 Å². The number of primary amides is 1. The first-order valence-electron chi connectivity index (χ1n) is 18.6. The number of nitrogens with zero attached hydrogens (tertiary/aromatic N) is 2. The molecule has 14 nitrogen and oxygen atoms in total. The Morgan fingerprint density at radius 3 is 2.38 bits per heavy atom. The minimum absolute atomic E-state index is 0.0229. The van der Waals surface area contributed by atoms with Crippen molar-refractivity contribution in [1.29, 1.82) is 0 Å². The molecule has 1 aromatic heterocycles. The number of β-amino-alcohol motifs (C(OH)–C–C–N with tert-alkyl or cyclic N) is 1. The number of carboxylic acid groups (broad SMARTS) is 1. The largest absolute Gasteiger partial charge is 0.490 e. The SMILES string of the molecule is Cc1cc(CCCC(=O)NC(C(=O)N2C[C@H](O)C[C@H]2C(=O)N[C@@H](C)c2ccc(-c3scnc3C)cc2)C(C)(C)C)c(Cl)c(OCC(CCC(N)=O)NC(=O)O)c1. The highest BCUT2D eigenvalue weighted by Gasteiger charge is 2.44. The van der Waals surface area contributed by atoms with E-state index in [4.69, 9.17) is 27.2 Å². The maximum atomic E-state index is 14.1. The van der Waals surface area contributed by atoms with Crippen molar-refractivity contribution >= 4 is 52.7 Å². The van der Waals surface area contributed by atoms with E-state index in [9.17, 15) is 29.1 Å². The van der Waals surface area contributed by atoms with E-state index in [-0.39, 0.29) is 56.7 Å². The van der Waals surface area contributed by atoms with Gasteiger partial charge in [-0.05, 0) is 73.8 Å². The van der Waals surface area contributed by atoms with Crippen LogP contribution >= 0.6 is 22.9 Å². The van der Waals surface area contributed by atoms with Crippen LogP contribution in [0.25, 0.3) is 10.4 Å². The van der Waals surface area contributed by atoms with Crippen LogP contribution in [0, 0.1) is 19.3 Å². The van der Waals surface area contributed by atoms with E-state index in [1.165, 1.54) is 4.90 Å². The number of aliphatic hydroxyl groups excluding tert-OH is 1. The fourth-order valence-corrected chi connectivity index (χ4v) is 7.73. The molecule has 1 saturated heterocycles. The van der Waals surface area contributed by atoms with Crippen molar-refractivity contribution < 1.29 is 38.9 Å². The van der Waals surface area contributed by atoms with Gasteiger partial charge in [0.25, 0.3) is 0 Å². The quantitative estimate of drug-likeness (QED) is 0.107. The lowest BCUT2D eigenvalue weighted by Crippen LogP contribution is -2.57. The lowest BCUT2D eigenvalue weighted by atomic mass is 9.85. The number of hydrogen-bond acceptors (Lipinski definition) is 9. The van der Waals surface area contributed by atoms with E-state index in [1.54, 1.807) is 22.9 Å². The van der Waals surface area contributed by atoms with Crippen LogP contribution in [0.5, 0.6) is 5.75 Å². The minimum atomic E-state index is -1.26. The molecule has 1 fully saturated rings. The second kappa shape index (κ2) is 19.4. The van der Waals surface area contributed by atoms with E-state index in [2.05, 4.69) is 20.9 Å². The summed E-state index contributed by atoms with van der Waals surface area (Å²) in [7, 11) is 0. The first kappa shape index (κ1) is 44.0. The number of hydrogen-bond donors (Lipinski definition) is 6. The molecule has 1 aliphatic rings. The molecule has 4 rings (SSSR count). The molecular formula is C40H53ClN6O8S. The third-order valence-electron chi connectivity index (χ3n) is 9.68. The maximum Gasteiger partial charge on any atom is 0.404 e. The van der Waals surface area contributed by atoms with Crippen molar-refractivity contribution in [2.75, 3.05) is 13.2 Å². The van der Waals surface area contributed by atoms with Gasteiger partial charge in [-0.3, -0.25) is 19.2 Å². The number of halogens is 1. The van der Waals surface area contributed by atoms with Crippen LogP contribution in [-0.2, 0) is 25.6 Å². The first-order valence-corrected chi connectivity index (χ1v) is 19.9. The predicted molar refractivity (Wildman–Crippen MR) is 214 cm³/mol. The molecule has 0 bridgehead atoms. The second-order valence-electron chi connectivity index (χ2n) is 15.4. The van der Waals surface area contributed by atoms with Gasteiger partial charge >= 0.3 is 6.09 Å². The van der Waals surface area contributed by atoms with Gasteiger partial charge in [0.1, 0.15) is 24.4 Å². The third-order valence-corrected chi connectivity index (χ3v) is 11.1. The number of aryl methyl sites for hydroxylation is 3. The first-order chi connectivity index (χ1) is 26.3. The number of aliphatic hydroxyl groups is 1. The number of carbonyl (C=O) groups is 5. The molecule has 2 unspecified atom stereocenters. The van der Waals surface area contributed by atoms with Crippen molar-refractivity contribution in [3.05, 3.63) is 69.3 Å². The average Bonchev–Trinajstić information content (AvgIpc) is 3.74. The molecule has 7 N–H and O–H groups in total. The second-order valence-corrected chi connectivity index (χ2v) is 16.7. The zero-order valence-electron chi connectivity index (χ0n) is 32.7. The Morgan fingerprint density at radius 2 is 1.77 bits per heavy atom. The van der Waals surface area contributed by atoms with Crippen molar-refractivity contribution in [2.24, 2.45) is 11.1 Å². The number of benzene rings is 2. The standard InChI is InChI=1S/C40H53ClN6O8S/c1-22-16-27(34(41)31(17-22)55-20-28(45-39(53)54)14-15-32(42)49)8-7-9-33(50)46-36(40(4,5)6)38(52)47-19-29(48)18-30(47)37(51)44-23(2)25-10-12-26(13-11-25)35-24(3)43-21-56-35/h10-13,16-17,21,23,28-30,36,45,48H,7-9,14-15,18-20H2,1-6H3,(H2,42,49)(H,44,51)(H,46,50)(H,53,54)/t23-,28?,29+,30-,36?/m0/s1. The molecule has 1 aliphatic heterocycles. The molecule has 0 radical (unpaired) electrons. The molecule has 5 atom stereocenters. The highest BCUT2D eigenvalue weighted by molar-refractivity contribution is 7.13. The summed E-state index contributed by atoms with van der Waals surface area (Å²) < 4.78 is 5.86. The number of rotatable bonds is 17. The van der Waals surface area contributed by atoms with Crippen molar-refractivity contribution in [1.82, 2.24) is 25.8 Å². The summed E-state index contributed by atoms with van der Waals surface area (Å²) in [6, 6.07) is 8.52. The average molecular weight is 813 g/mol. The van der Waals surface area contributed by atoms with Gasteiger partial charge < -0.3 is 41.5 Å². The number of nitrogens with two attached hydrogens (primary N) is 1. The molecule has 0 saturated carbocycles. The maximum absolute atomic E-state index is 14.1. The van der Waals surface area contributed by atoms with Crippen LogP contribution in [-0.4, -0.2) is 87.2 Å². The van der Waals surface area contributed by atoms with Gasteiger partial charge in [0.05, 0.1) is 39.3 Å². The summed E-state index contributed by atoms with van der Waals surface area (Å²) in [5.41, 5.74) is 10.7. The smallest absolute Gasteiger partial charge is 0.404 e. The highest BCUT2D eigenvalue weighted by Crippen LogP contribution is 2.32. The van der Waals surface area contributed by atoms with Gasteiger partial charge in [-0.2, -0.15) is 0 Å². The number of amides is 5. The Morgan fingerprint density at radius 1 is 1.07 bits per heavy atom. The molecule has 16 heteroatoms. The zero-order valence-corrected chi connectivity index (χ0v) is 34.3. The monoisotopic (exact) mass is 812 g/mol. The molecule has 0 spiro atoms. The third kappa shape index (κ3) is 12.1. The number of carbonyl (C=O) groups excluding carboxylic acids is 4. The summed E-state index contributed by atoms with van der Waals surface area (Å²) in [5.74, 6) is -1.42. The van der Waals surface area contributed by atoms with E-state index in [1.807, 2.05) is 71.9 Å². The zero-order chi connectivity index (χ0) is 41.3. The molecular weight excluding hydrogens is 760 g/mol. The van der Waals surface area contributed by atoms with Gasteiger partial charge in [-0.25, -0.2) is 9.78 Å². The number of ether oxygens (including phenoxy) is 1. The lowest BCUT2D eigenvalue weighted by Gasteiger charge is -2.35. The summed E-state index contributed by atoms with van der Waals surface area (Å²) in [6.07, 6.45) is -1.09. The highest BCUT2D eigenvalue weighted by atomic mass is 35.5. The van der Waals surface area contributed by atoms with Crippen LogP contribution in [0.3, 0.4) is 0 Å². The van der Waals surface area contributed by atoms with E-state index in [0.717, 1.165) is 32.8 Å². The number of nitrogens with one attached hydrogen (secondary N) is 3. The van der Waals surface area contributed by atoms with E-state index in [0.29, 0.717) is 23.6 Å². The van der Waals surface area contributed by atoms with Crippen molar-refractivity contribution in [2.45, 2.75) is 110 Å². The van der Waals surface area contributed by atoms with Crippen molar-refractivity contribution in [3.63, 3.8) is 0 Å². The molecule has 3 aromatic rings. The molecule has 5 amide bonds. The van der Waals surface area contributed by atoms with Crippen LogP contribution in [0.1, 0.15) is 88.2 Å². The van der Waals surface area contributed by atoms with Gasteiger partial charge in [0.15, 0.2) is 0 Å². The fourth-order valence-electron chi connectivity index (χ4n) is 6.66. The number of aromatic nitrogens is 1. The van der Waals surface area contributed by atoms with Crippen molar-refractivity contribution in [3.8, 4) is 16.2 Å². The Hall–Kier alpha value is -4.73. The number of thiazole rings is 1. The van der Waals surface area contributed by atoms with Gasteiger partial charge in [0.2, 0.25) is 23.6 Å². The van der Waals surface area contributed by atoms with Gasteiger partial charge in [0, 0.05) is 25.8 Å². The van der Waals surface area contributed by atoms with Gasteiger partial charge in [-0.1, -0.05) is 62.7 Å². The van der Waals surface area contributed by atoms with E-state index >= 15 is 0 Å². The summed E-state index contributed by atoms with van der Waals surface area (Å²) in [4.78, 5) is 70.3. The molecule has 2 heterocycles. The lowest BCUT2D eigenvalue weighted by molar-refractivity contribution is -0.144. The van der Waals surface area contributed by atoms with Crippen LogP contribution in [0.2, 0.25) is 5.02 Å². The molecule has 56 heavy (non-hydrogen) atoms. The molecule has 304 valence electrons. The molecule has 2 aromatic carbocycles. The normalized spacial score (nSPS) is 17.1. The number of likely N-dealkylation sites (tertiary alicyclic amines) is 1. The Balaban J connectivity index is 1.36. The minimum Gasteiger partial charge on any atom is -0.490 e. The summed E-state index contributed by atoms with van der Waals surface area (Å²) in [6.45, 7) is 11.0. The Labute approximate surface area is 336 Å². The van der Waals surface area contributed by atoms with E-state index < -0.39 is 47.6 Å². The summed E-state index contributed by atoms with van der Waals surface area (Å²) >= 11 is 8.24.